The first-order valence-corrected chi connectivity index (χ1v) is 8.06. The van der Waals surface area contributed by atoms with Crippen molar-refractivity contribution in [2.24, 2.45) is 0 Å². The van der Waals surface area contributed by atoms with E-state index in [1.165, 1.54) is 4.88 Å². The predicted octanol–water partition coefficient (Wildman–Crippen LogP) is 4.28. The van der Waals surface area contributed by atoms with Crippen molar-refractivity contribution in [2.45, 2.75) is 19.5 Å². The Labute approximate surface area is 140 Å². The highest BCUT2D eigenvalue weighted by atomic mass is 35.5. The van der Waals surface area contributed by atoms with Crippen molar-refractivity contribution in [3.8, 4) is 17.2 Å². The lowest BCUT2D eigenvalue weighted by molar-refractivity contribution is 0.323. The fraction of sp³-hybridized carbons (Fsp3) is 0.375. The second-order valence-corrected chi connectivity index (χ2v) is 6.52. The third-order valence-corrected chi connectivity index (χ3v) is 4.77. The number of halogens is 1. The largest absolute Gasteiger partial charge is 0.493 e. The maximum Gasteiger partial charge on any atom is 0.203 e. The minimum atomic E-state index is 0.219. The first-order chi connectivity index (χ1) is 10.6. The zero-order chi connectivity index (χ0) is 16.1. The molecule has 0 saturated carbocycles. The highest BCUT2D eigenvalue weighted by molar-refractivity contribution is 7.16. The average Bonchev–Trinajstić information content (AvgIpc) is 2.97. The summed E-state index contributed by atoms with van der Waals surface area (Å²) in [5, 5.41) is 3.47. The fourth-order valence-electron chi connectivity index (χ4n) is 2.17. The van der Waals surface area contributed by atoms with Crippen LogP contribution in [0.2, 0.25) is 4.34 Å². The summed E-state index contributed by atoms with van der Waals surface area (Å²) < 4.78 is 16.9. The van der Waals surface area contributed by atoms with E-state index < -0.39 is 0 Å². The predicted molar refractivity (Wildman–Crippen MR) is 90.7 cm³/mol. The molecule has 4 nitrogen and oxygen atoms in total. The van der Waals surface area contributed by atoms with Crippen LogP contribution in [0.5, 0.6) is 17.2 Å². The number of ether oxygens (including phenoxy) is 3. The second kappa shape index (κ2) is 7.72. The van der Waals surface area contributed by atoms with Gasteiger partial charge in [-0.3, -0.25) is 0 Å². The van der Waals surface area contributed by atoms with Gasteiger partial charge >= 0.3 is 0 Å². The minimum absolute atomic E-state index is 0.219. The zero-order valence-electron chi connectivity index (χ0n) is 13.1. The van der Waals surface area contributed by atoms with Crippen molar-refractivity contribution in [2.75, 3.05) is 21.3 Å². The van der Waals surface area contributed by atoms with Crippen LogP contribution in [0.3, 0.4) is 0 Å². The summed E-state index contributed by atoms with van der Waals surface area (Å²) in [6, 6.07) is 8.07. The summed E-state index contributed by atoms with van der Waals surface area (Å²) >= 11 is 7.56. The Balaban J connectivity index is 2.12. The Hall–Kier alpha value is -1.43. The van der Waals surface area contributed by atoms with E-state index in [9.17, 15) is 0 Å². The summed E-state index contributed by atoms with van der Waals surface area (Å²) in [5.41, 5.74) is 1.06. The molecule has 2 aromatic rings. The zero-order valence-corrected chi connectivity index (χ0v) is 14.7. The van der Waals surface area contributed by atoms with E-state index >= 15 is 0 Å². The third-order valence-electron chi connectivity index (χ3n) is 3.36. The molecule has 2 rings (SSSR count). The summed E-state index contributed by atoms with van der Waals surface area (Å²) in [5.74, 6) is 1.92. The summed E-state index contributed by atoms with van der Waals surface area (Å²) in [6.45, 7) is 2.80. The summed E-state index contributed by atoms with van der Waals surface area (Å²) in [7, 11) is 4.83. The van der Waals surface area contributed by atoms with Gasteiger partial charge in [-0.15, -0.1) is 11.3 Å². The molecule has 1 aromatic carbocycles. The Morgan fingerprint density at radius 2 is 1.73 bits per heavy atom. The molecule has 0 radical (unpaired) electrons. The highest BCUT2D eigenvalue weighted by Gasteiger charge is 2.14. The van der Waals surface area contributed by atoms with Gasteiger partial charge in [-0.25, -0.2) is 0 Å². The molecule has 1 heterocycles. The first kappa shape index (κ1) is 16.9. The van der Waals surface area contributed by atoms with Gasteiger partial charge in [0.15, 0.2) is 11.5 Å². The Morgan fingerprint density at radius 1 is 1.09 bits per heavy atom. The first-order valence-electron chi connectivity index (χ1n) is 6.86. The number of rotatable bonds is 7. The van der Waals surface area contributed by atoms with E-state index in [0.29, 0.717) is 23.8 Å². The maximum atomic E-state index is 5.98. The SMILES string of the molecule is COc1cc(CNC(C)c2ccc(Cl)s2)cc(OC)c1OC. The number of methoxy groups -OCH3 is 3. The Kier molecular flexibility index (Phi) is 5.94. The monoisotopic (exact) mass is 341 g/mol. The molecule has 1 atom stereocenters. The number of nitrogens with one attached hydrogen (secondary N) is 1. The normalized spacial score (nSPS) is 12.0. The van der Waals surface area contributed by atoms with Gasteiger partial charge in [0.2, 0.25) is 5.75 Å². The lowest BCUT2D eigenvalue weighted by Crippen LogP contribution is -2.17. The topological polar surface area (TPSA) is 39.7 Å². The molecule has 1 aromatic heterocycles. The van der Waals surface area contributed by atoms with Crippen molar-refractivity contribution in [1.29, 1.82) is 0 Å². The van der Waals surface area contributed by atoms with Crippen LogP contribution < -0.4 is 19.5 Å². The minimum Gasteiger partial charge on any atom is -0.493 e. The number of hydrogen-bond acceptors (Lipinski definition) is 5. The molecule has 0 aliphatic rings. The lowest BCUT2D eigenvalue weighted by Gasteiger charge is -2.16. The number of benzene rings is 1. The lowest BCUT2D eigenvalue weighted by atomic mass is 10.1. The van der Waals surface area contributed by atoms with Crippen LogP contribution in [0, 0.1) is 0 Å². The van der Waals surface area contributed by atoms with Gasteiger partial charge in [0.1, 0.15) is 0 Å². The van der Waals surface area contributed by atoms with E-state index in [4.69, 9.17) is 25.8 Å². The molecule has 0 aliphatic carbocycles. The van der Waals surface area contributed by atoms with Crippen LogP contribution in [0.25, 0.3) is 0 Å². The van der Waals surface area contributed by atoms with Crippen molar-refractivity contribution < 1.29 is 14.2 Å². The average molecular weight is 342 g/mol. The van der Waals surface area contributed by atoms with E-state index in [1.54, 1.807) is 32.7 Å². The quantitative estimate of drug-likeness (QED) is 0.816. The van der Waals surface area contributed by atoms with Gasteiger partial charge in [-0.1, -0.05) is 11.6 Å². The molecule has 6 heteroatoms. The van der Waals surface area contributed by atoms with E-state index in [1.807, 2.05) is 24.3 Å². The highest BCUT2D eigenvalue weighted by Crippen LogP contribution is 2.38. The molecule has 0 aliphatic heterocycles. The Morgan fingerprint density at radius 3 is 2.18 bits per heavy atom. The van der Waals surface area contributed by atoms with Crippen molar-refractivity contribution in [1.82, 2.24) is 5.32 Å². The van der Waals surface area contributed by atoms with Crippen LogP contribution in [-0.4, -0.2) is 21.3 Å². The van der Waals surface area contributed by atoms with Crippen LogP contribution in [0.1, 0.15) is 23.4 Å². The summed E-state index contributed by atoms with van der Waals surface area (Å²) in [6.07, 6.45) is 0. The maximum absolute atomic E-state index is 5.98. The molecule has 120 valence electrons. The van der Waals surface area contributed by atoms with Gasteiger partial charge in [-0.2, -0.15) is 0 Å². The molecule has 0 amide bonds. The van der Waals surface area contributed by atoms with Crippen molar-refractivity contribution >= 4 is 22.9 Å². The molecule has 1 unspecified atom stereocenters. The summed E-state index contributed by atoms with van der Waals surface area (Å²) in [4.78, 5) is 1.21. The number of hydrogen-bond donors (Lipinski definition) is 1. The van der Waals surface area contributed by atoms with Crippen molar-refractivity contribution in [3.63, 3.8) is 0 Å². The van der Waals surface area contributed by atoms with Crippen LogP contribution >= 0.6 is 22.9 Å². The molecule has 0 bridgehead atoms. The molecule has 1 N–H and O–H groups in total. The van der Waals surface area contributed by atoms with Gasteiger partial charge < -0.3 is 19.5 Å². The van der Waals surface area contributed by atoms with Crippen molar-refractivity contribution in [3.05, 3.63) is 39.0 Å². The smallest absolute Gasteiger partial charge is 0.203 e. The fourth-order valence-corrected chi connectivity index (χ4v) is 3.26. The second-order valence-electron chi connectivity index (χ2n) is 4.78. The van der Waals surface area contributed by atoms with Crippen LogP contribution in [-0.2, 0) is 6.54 Å². The van der Waals surface area contributed by atoms with Gasteiger partial charge in [0, 0.05) is 17.5 Å². The Bertz CT molecular complexity index is 605. The molecular formula is C16H20ClNO3S. The third kappa shape index (κ3) is 3.85. The van der Waals surface area contributed by atoms with Gasteiger partial charge in [-0.05, 0) is 36.8 Å². The van der Waals surface area contributed by atoms with E-state index in [2.05, 4.69) is 12.2 Å². The standard InChI is InChI=1S/C16H20ClNO3S/c1-10(14-5-6-15(17)22-14)18-9-11-7-12(19-2)16(21-4)13(8-11)20-3/h5-8,10,18H,9H2,1-4H3. The van der Waals surface area contributed by atoms with Gasteiger partial charge in [0.05, 0.1) is 25.7 Å². The van der Waals surface area contributed by atoms with Gasteiger partial charge in [0.25, 0.3) is 0 Å². The molecule has 0 fully saturated rings. The molecule has 0 saturated heterocycles. The number of thiophene rings is 1. The van der Waals surface area contributed by atoms with E-state index in [0.717, 1.165) is 9.90 Å². The van der Waals surface area contributed by atoms with Crippen LogP contribution in [0.4, 0.5) is 0 Å². The molecule has 0 spiro atoms. The van der Waals surface area contributed by atoms with Crippen LogP contribution in [0.15, 0.2) is 24.3 Å². The molecule has 22 heavy (non-hydrogen) atoms. The van der Waals surface area contributed by atoms with E-state index in [-0.39, 0.29) is 6.04 Å². The molecular weight excluding hydrogens is 322 g/mol.